The molecule has 0 aliphatic carbocycles. The van der Waals surface area contributed by atoms with Crippen molar-refractivity contribution in [1.82, 2.24) is 15.0 Å². The van der Waals surface area contributed by atoms with Gasteiger partial charge in [0, 0.05) is 16.9 Å². The van der Waals surface area contributed by atoms with Crippen LogP contribution in [0, 0.1) is 6.92 Å². The van der Waals surface area contributed by atoms with E-state index < -0.39 is 0 Å². The lowest BCUT2D eigenvalue weighted by Crippen LogP contribution is -2.21. The van der Waals surface area contributed by atoms with Crippen molar-refractivity contribution in [3.05, 3.63) is 95.4 Å². The fraction of sp³-hybridized carbons (Fsp3) is 0.0870. The molecule has 3 N–H and O–H groups in total. The van der Waals surface area contributed by atoms with Gasteiger partial charge in [-0.05, 0) is 42.3 Å². The molecule has 0 fully saturated rings. The minimum Gasteiger partial charge on any atom is -0.393 e. The van der Waals surface area contributed by atoms with Gasteiger partial charge in [-0.1, -0.05) is 54.1 Å². The van der Waals surface area contributed by atoms with Crippen LogP contribution in [0.5, 0.6) is 0 Å². The second-order valence-corrected chi connectivity index (χ2v) is 7.22. The SMILES string of the molecule is Cc1ccc(Nc2ncnc(N(Cc3ccccc3)c3ccccn3)c2N)cc1Cl. The number of nitrogen functional groups attached to an aromatic ring is 1. The Bertz CT molecular complexity index is 1140. The van der Waals surface area contributed by atoms with Crippen LogP contribution in [0.25, 0.3) is 0 Å². The summed E-state index contributed by atoms with van der Waals surface area (Å²) in [5.41, 5.74) is 9.84. The molecule has 2 aromatic carbocycles. The largest absolute Gasteiger partial charge is 0.393 e. The second kappa shape index (κ2) is 8.80. The van der Waals surface area contributed by atoms with E-state index in [0.717, 1.165) is 22.6 Å². The number of benzene rings is 2. The van der Waals surface area contributed by atoms with Gasteiger partial charge in [0.15, 0.2) is 11.6 Å². The number of aryl methyl sites for hydroxylation is 1. The van der Waals surface area contributed by atoms with Crippen LogP contribution >= 0.6 is 11.6 Å². The molecule has 0 bridgehead atoms. The van der Waals surface area contributed by atoms with Crippen molar-refractivity contribution in [2.45, 2.75) is 13.5 Å². The first-order valence-corrected chi connectivity index (χ1v) is 9.86. The highest BCUT2D eigenvalue weighted by molar-refractivity contribution is 6.31. The molecule has 150 valence electrons. The highest BCUT2D eigenvalue weighted by atomic mass is 35.5. The van der Waals surface area contributed by atoms with E-state index in [2.05, 4.69) is 32.4 Å². The maximum Gasteiger partial charge on any atom is 0.163 e. The average Bonchev–Trinajstić information content (AvgIpc) is 2.78. The van der Waals surface area contributed by atoms with Crippen LogP contribution in [-0.4, -0.2) is 15.0 Å². The summed E-state index contributed by atoms with van der Waals surface area (Å²) in [6.45, 7) is 2.52. The predicted molar refractivity (Wildman–Crippen MR) is 122 cm³/mol. The van der Waals surface area contributed by atoms with Gasteiger partial charge in [0.2, 0.25) is 0 Å². The van der Waals surface area contributed by atoms with Crippen LogP contribution in [0.2, 0.25) is 5.02 Å². The van der Waals surface area contributed by atoms with Gasteiger partial charge < -0.3 is 16.0 Å². The highest BCUT2D eigenvalue weighted by Gasteiger charge is 2.18. The van der Waals surface area contributed by atoms with Crippen LogP contribution in [0.15, 0.2) is 79.3 Å². The van der Waals surface area contributed by atoms with Crippen LogP contribution in [0.1, 0.15) is 11.1 Å². The fourth-order valence-corrected chi connectivity index (χ4v) is 3.23. The lowest BCUT2D eigenvalue weighted by molar-refractivity contribution is 0.918. The Kier molecular flexibility index (Phi) is 5.77. The number of halogens is 1. The molecule has 0 spiro atoms. The third-order valence-corrected chi connectivity index (χ3v) is 5.07. The first kappa shape index (κ1) is 19.7. The summed E-state index contributed by atoms with van der Waals surface area (Å²) in [6.07, 6.45) is 3.24. The zero-order chi connectivity index (χ0) is 20.9. The van der Waals surface area contributed by atoms with Gasteiger partial charge in [0.25, 0.3) is 0 Å². The third kappa shape index (κ3) is 4.34. The molecule has 2 heterocycles. The molecule has 4 rings (SSSR count). The summed E-state index contributed by atoms with van der Waals surface area (Å²) in [4.78, 5) is 15.3. The number of hydrogen-bond acceptors (Lipinski definition) is 6. The lowest BCUT2D eigenvalue weighted by atomic mass is 10.2. The van der Waals surface area contributed by atoms with Gasteiger partial charge in [-0.3, -0.25) is 0 Å². The van der Waals surface area contributed by atoms with E-state index in [-0.39, 0.29) is 0 Å². The maximum absolute atomic E-state index is 6.50. The molecule has 7 heteroatoms. The summed E-state index contributed by atoms with van der Waals surface area (Å²) in [5, 5.41) is 3.92. The van der Waals surface area contributed by atoms with E-state index in [4.69, 9.17) is 17.3 Å². The summed E-state index contributed by atoms with van der Waals surface area (Å²) in [5.74, 6) is 1.83. The van der Waals surface area contributed by atoms with Crippen molar-refractivity contribution in [3.63, 3.8) is 0 Å². The zero-order valence-corrected chi connectivity index (χ0v) is 17.2. The Morgan fingerprint density at radius 3 is 2.50 bits per heavy atom. The van der Waals surface area contributed by atoms with E-state index in [1.165, 1.54) is 6.33 Å². The Morgan fingerprint density at radius 2 is 1.77 bits per heavy atom. The Hall–Kier alpha value is -3.64. The molecule has 6 nitrogen and oxygen atoms in total. The summed E-state index contributed by atoms with van der Waals surface area (Å²) in [6, 6.07) is 21.6. The minimum atomic E-state index is 0.427. The number of nitrogens with two attached hydrogens (primary N) is 1. The van der Waals surface area contributed by atoms with Gasteiger partial charge in [0.05, 0.1) is 6.54 Å². The molecule has 0 atom stereocenters. The van der Waals surface area contributed by atoms with Gasteiger partial charge in [-0.2, -0.15) is 0 Å². The van der Waals surface area contributed by atoms with E-state index >= 15 is 0 Å². The van der Waals surface area contributed by atoms with Crippen molar-refractivity contribution in [2.24, 2.45) is 0 Å². The first-order chi connectivity index (χ1) is 14.6. The maximum atomic E-state index is 6.50. The molecule has 30 heavy (non-hydrogen) atoms. The van der Waals surface area contributed by atoms with Crippen LogP contribution in [-0.2, 0) is 6.54 Å². The molecule has 0 unspecified atom stereocenters. The first-order valence-electron chi connectivity index (χ1n) is 9.48. The van der Waals surface area contributed by atoms with Crippen LogP contribution in [0.4, 0.5) is 28.8 Å². The number of aromatic nitrogens is 3. The van der Waals surface area contributed by atoms with E-state index in [0.29, 0.717) is 28.9 Å². The second-order valence-electron chi connectivity index (χ2n) is 6.81. The molecule has 0 amide bonds. The fourth-order valence-electron chi connectivity index (χ4n) is 3.05. The Balaban J connectivity index is 1.72. The Morgan fingerprint density at radius 1 is 0.967 bits per heavy atom. The summed E-state index contributed by atoms with van der Waals surface area (Å²) < 4.78 is 0. The topological polar surface area (TPSA) is 80.0 Å². The lowest BCUT2D eigenvalue weighted by Gasteiger charge is -2.25. The van der Waals surface area contributed by atoms with E-state index in [1.54, 1.807) is 6.20 Å². The minimum absolute atomic E-state index is 0.427. The monoisotopic (exact) mass is 416 g/mol. The van der Waals surface area contributed by atoms with Gasteiger partial charge in [-0.15, -0.1) is 0 Å². The number of rotatable bonds is 6. The average molecular weight is 417 g/mol. The van der Waals surface area contributed by atoms with Crippen molar-refractivity contribution in [3.8, 4) is 0 Å². The van der Waals surface area contributed by atoms with Crippen molar-refractivity contribution in [1.29, 1.82) is 0 Å². The molecule has 0 saturated heterocycles. The van der Waals surface area contributed by atoms with Crippen molar-refractivity contribution < 1.29 is 0 Å². The van der Waals surface area contributed by atoms with Gasteiger partial charge in [-0.25, -0.2) is 15.0 Å². The normalized spacial score (nSPS) is 10.6. The standard InChI is InChI=1S/C23H21ClN6/c1-16-10-11-18(13-19(16)24)29-22-21(25)23(28-15-27-22)30(20-9-5-6-12-26-20)14-17-7-3-2-4-8-17/h2-13,15H,14,25H2,1H3,(H,27,28,29). The van der Waals surface area contributed by atoms with Crippen molar-refractivity contribution in [2.75, 3.05) is 16.0 Å². The summed E-state index contributed by atoms with van der Waals surface area (Å²) in [7, 11) is 0. The Labute approximate surface area is 180 Å². The molecular formula is C23H21ClN6. The van der Waals surface area contributed by atoms with E-state index in [1.807, 2.05) is 66.4 Å². The smallest absolute Gasteiger partial charge is 0.163 e. The quantitative estimate of drug-likeness (QED) is 0.432. The molecule has 0 radical (unpaired) electrons. The summed E-state index contributed by atoms with van der Waals surface area (Å²) >= 11 is 6.25. The molecular weight excluding hydrogens is 396 g/mol. The highest BCUT2D eigenvalue weighted by Crippen LogP contribution is 2.34. The molecule has 4 aromatic rings. The number of anilines is 5. The number of hydrogen-bond donors (Lipinski definition) is 2. The number of nitrogens with one attached hydrogen (secondary N) is 1. The van der Waals surface area contributed by atoms with Gasteiger partial charge >= 0.3 is 0 Å². The van der Waals surface area contributed by atoms with Crippen LogP contribution in [0.3, 0.4) is 0 Å². The van der Waals surface area contributed by atoms with Crippen molar-refractivity contribution >= 4 is 40.4 Å². The molecule has 0 aliphatic rings. The predicted octanol–water partition coefficient (Wildman–Crippen LogP) is 5.50. The van der Waals surface area contributed by atoms with E-state index in [9.17, 15) is 0 Å². The molecule has 2 aromatic heterocycles. The molecule has 0 aliphatic heterocycles. The molecule has 0 saturated carbocycles. The zero-order valence-electron chi connectivity index (χ0n) is 16.5. The third-order valence-electron chi connectivity index (χ3n) is 4.66. The number of pyridine rings is 1. The number of nitrogens with zero attached hydrogens (tertiary/aromatic N) is 4. The van der Waals surface area contributed by atoms with Gasteiger partial charge in [0.1, 0.15) is 17.8 Å². The van der Waals surface area contributed by atoms with Crippen LogP contribution < -0.4 is 16.0 Å².